The summed E-state index contributed by atoms with van der Waals surface area (Å²) in [7, 11) is 0. The Bertz CT molecular complexity index is 679. The van der Waals surface area contributed by atoms with Crippen molar-refractivity contribution >= 4 is 23.7 Å². The molecule has 2 aromatic carbocycles. The third kappa shape index (κ3) is 4.00. The average molecular weight is 304 g/mol. The van der Waals surface area contributed by atoms with Crippen LogP contribution in [-0.2, 0) is 11.2 Å². The molecule has 0 amide bonds. The molecular weight excluding hydrogens is 292 g/mol. The fourth-order valence-corrected chi connectivity index (χ4v) is 2.59. The van der Waals surface area contributed by atoms with Gasteiger partial charge >= 0.3 is 11.9 Å². The van der Waals surface area contributed by atoms with E-state index in [-0.39, 0.29) is 17.7 Å². The van der Waals surface area contributed by atoms with Crippen molar-refractivity contribution < 1.29 is 24.9 Å². The van der Waals surface area contributed by atoms with Crippen LogP contribution in [0, 0.1) is 0 Å². The summed E-state index contributed by atoms with van der Waals surface area (Å²) < 4.78 is 0. The standard InChI is InChI=1S/C15H12O5S/c16-13-8-11(5-6-12(13)15(19)20)21-10-3-1-9(2-4-10)7-14(17)18/h1-6,8,16H,7H2,(H,17,18)(H,19,20). The highest BCUT2D eigenvalue weighted by Gasteiger charge is 2.10. The Kier molecular flexibility index (Phi) is 4.49. The fourth-order valence-electron chi connectivity index (χ4n) is 1.74. The second-order valence-electron chi connectivity index (χ2n) is 4.30. The Morgan fingerprint density at radius 1 is 0.952 bits per heavy atom. The minimum atomic E-state index is -1.18. The molecule has 2 aromatic rings. The van der Waals surface area contributed by atoms with Gasteiger partial charge in [-0.3, -0.25) is 4.79 Å². The Hall–Kier alpha value is -2.47. The first-order chi connectivity index (χ1) is 9.95. The SMILES string of the molecule is O=C(O)Cc1ccc(Sc2ccc(C(=O)O)c(O)c2)cc1. The first-order valence-electron chi connectivity index (χ1n) is 6.00. The zero-order chi connectivity index (χ0) is 15.4. The number of carboxylic acid groups (broad SMARTS) is 2. The molecule has 0 atom stereocenters. The molecule has 108 valence electrons. The summed E-state index contributed by atoms with van der Waals surface area (Å²) in [5.41, 5.74) is 0.562. The molecule has 0 heterocycles. The minimum Gasteiger partial charge on any atom is -0.507 e. The van der Waals surface area contributed by atoms with Crippen LogP contribution in [0.5, 0.6) is 5.75 Å². The van der Waals surface area contributed by atoms with E-state index in [1.165, 1.54) is 23.9 Å². The van der Waals surface area contributed by atoms with E-state index < -0.39 is 11.9 Å². The molecule has 21 heavy (non-hydrogen) atoms. The minimum absolute atomic E-state index is 0.0287. The second-order valence-corrected chi connectivity index (χ2v) is 5.45. The van der Waals surface area contributed by atoms with Crippen LogP contribution in [0.2, 0.25) is 0 Å². The molecule has 0 unspecified atom stereocenters. The molecule has 0 spiro atoms. The number of hydrogen-bond donors (Lipinski definition) is 3. The van der Waals surface area contributed by atoms with Crippen molar-refractivity contribution in [3.8, 4) is 5.75 Å². The van der Waals surface area contributed by atoms with Crippen molar-refractivity contribution in [1.29, 1.82) is 0 Å². The van der Waals surface area contributed by atoms with E-state index >= 15 is 0 Å². The van der Waals surface area contributed by atoms with Gasteiger partial charge in [0, 0.05) is 9.79 Å². The second kappa shape index (κ2) is 6.32. The predicted octanol–water partition coefficient (Wildman–Crippen LogP) is 2.87. The lowest BCUT2D eigenvalue weighted by atomic mass is 10.2. The highest BCUT2D eigenvalue weighted by molar-refractivity contribution is 7.99. The molecule has 0 saturated heterocycles. The van der Waals surface area contributed by atoms with Gasteiger partial charge in [-0.2, -0.15) is 0 Å². The molecule has 0 bridgehead atoms. The van der Waals surface area contributed by atoms with Crippen molar-refractivity contribution in [2.45, 2.75) is 16.2 Å². The number of rotatable bonds is 5. The van der Waals surface area contributed by atoms with E-state index in [1.807, 2.05) is 0 Å². The lowest BCUT2D eigenvalue weighted by Crippen LogP contribution is -1.99. The van der Waals surface area contributed by atoms with Crippen LogP contribution >= 0.6 is 11.8 Å². The lowest BCUT2D eigenvalue weighted by molar-refractivity contribution is -0.136. The van der Waals surface area contributed by atoms with Crippen LogP contribution < -0.4 is 0 Å². The normalized spacial score (nSPS) is 10.3. The summed E-state index contributed by atoms with van der Waals surface area (Å²) in [6.45, 7) is 0. The Balaban J connectivity index is 2.13. The van der Waals surface area contributed by atoms with E-state index in [2.05, 4.69) is 0 Å². The maximum Gasteiger partial charge on any atom is 0.339 e. The highest BCUT2D eigenvalue weighted by atomic mass is 32.2. The van der Waals surface area contributed by atoms with E-state index in [4.69, 9.17) is 10.2 Å². The van der Waals surface area contributed by atoms with Gasteiger partial charge in [0.15, 0.2) is 0 Å². The number of aromatic carboxylic acids is 1. The number of aromatic hydroxyl groups is 1. The van der Waals surface area contributed by atoms with Crippen molar-refractivity contribution in [2.24, 2.45) is 0 Å². The topological polar surface area (TPSA) is 94.8 Å². The molecule has 2 rings (SSSR count). The number of phenols is 1. The predicted molar refractivity (Wildman–Crippen MR) is 77.0 cm³/mol. The molecule has 0 aliphatic carbocycles. The Labute approximate surface area is 124 Å². The summed E-state index contributed by atoms with van der Waals surface area (Å²) in [6, 6.07) is 11.4. The van der Waals surface area contributed by atoms with Crippen LogP contribution in [0.1, 0.15) is 15.9 Å². The monoisotopic (exact) mass is 304 g/mol. The van der Waals surface area contributed by atoms with E-state index in [1.54, 1.807) is 30.3 Å². The molecule has 0 fully saturated rings. The summed E-state index contributed by atoms with van der Waals surface area (Å²) in [4.78, 5) is 23.0. The first-order valence-corrected chi connectivity index (χ1v) is 6.82. The van der Waals surface area contributed by atoms with Gasteiger partial charge < -0.3 is 15.3 Å². The number of aliphatic carboxylic acids is 1. The summed E-state index contributed by atoms with van der Waals surface area (Å²) in [6.07, 6.45) is -0.0287. The van der Waals surface area contributed by atoms with Gasteiger partial charge in [0.25, 0.3) is 0 Å². The van der Waals surface area contributed by atoms with E-state index in [9.17, 15) is 14.7 Å². The molecule has 5 nitrogen and oxygen atoms in total. The van der Waals surface area contributed by atoms with Gasteiger partial charge in [0.05, 0.1) is 6.42 Å². The van der Waals surface area contributed by atoms with E-state index in [0.717, 1.165) is 4.90 Å². The summed E-state index contributed by atoms with van der Waals surface area (Å²) >= 11 is 1.35. The molecule has 0 aliphatic heterocycles. The van der Waals surface area contributed by atoms with Gasteiger partial charge in [-0.1, -0.05) is 23.9 Å². The van der Waals surface area contributed by atoms with Gasteiger partial charge in [0.2, 0.25) is 0 Å². The zero-order valence-corrected chi connectivity index (χ0v) is 11.6. The first kappa shape index (κ1) is 14.9. The van der Waals surface area contributed by atoms with Crippen LogP contribution in [0.4, 0.5) is 0 Å². The van der Waals surface area contributed by atoms with Crippen LogP contribution in [0.3, 0.4) is 0 Å². The third-order valence-corrected chi connectivity index (χ3v) is 3.71. The molecular formula is C15H12O5S. The number of hydrogen-bond acceptors (Lipinski definition) is 4. The molecule has 0 radical (unpaired) electrons. The van der Waals surface area contributed by atoms with Crippen molar-refractivity contribution in [2.75, 3.05) is 0 Å². The molecule has 3 N–H and O–H groups in total. The van der Waals surface area contributed by atoms with Gasteiger partial charge in [-0.05, 0) is 35.9 Å². The molecule has 6 heteroatoms. The molecule has 0 aromatic heterocycles. The largest absolute Gasteiger partial charge is 0.507 e. The van der Waals surface area contributed by atoms with Crippen LogP contribution in [0.15, 0.2) is 52.3 Å². The van der Waals surface area contributed by atoms with Crippen LogP contribution in [-0.4, -0.2) is 27.3 Å². The van der Waals surface area contributed by atoms with Crippen LogP contribution in [0.25, 0.3) is 0 Å². The smallest absolute Gasteiger partial charge is 0.339 e. The van der Waals surface area contributed by atoms with Gasteiger partial charge in [-0.15, -0.1) is 0 Å². The Morgan fingerprint density at radius 2 is 1.57 bits per heavy atom. The molecule has 0 aliphatic rings. The average Bonchev–Trinajstić information content (AvgIpc) is 2.40. The number of carboxylic acids is 2. The lowest BCUT2D eigenvalue weighted by Gasteiger charge is -2.05. The quantitative estimate of drug-likeness (QED) is 0.786. The van der Waals surface area contributed by atoms with E-state index in [0.29, 0.717) is 10.5 Å². The third-order valence-electron chi connectivity index (χ3n) is 2.71. The van der Waals surface area contributed by atoms with Crippen molar-refractivity contribution in [3.63, 3.8) is 0 Å². The fraction of sp³-hybridized carbons (Fsp3) is 0.0667. The maximum atomic E-state index is 10.8. The van der Waals surface area contributed by atoms with Crippen molar-refractivity contribution in [1.82, 2.24) is 0 Å². The van der Waals surface area contributed by atoms with Gasteiger partial charge in [-0.25, -0.2) is 4.79 Å². The van der Waals surface area contributed by atoms with Gasteiger partial charge in [0.1, 0.15) is 11.3 Å². The number of benzene rings is 2. The summed E-state index contributed by atoms with van der Waals surface area (Å²) in [5.74, 6) is -2.35. The molecule has 0 saturated carbocycles. The maximum absolute atomic E-state index is 10.8. The Morgan fingerprint density at radius 3 is 2.10 bits per heavy atom. The zero-order valence-electron chi connectivity index (χ0n) is 10.8. The summed E-state index contributed by atoms with van der Waals surface area (Å²) in [5, 5.41) is 27.1. The highest BCUT2D eigenvalue weighted by Crippen LogP contribution is 2.31. The van der Waals surface area contributed by atoms with Crippen molar-refractivity contribution in [3.05, 3.63) is 53.6 Å². The number of carbonyl (C=O) groups is 2.